The summed E-state index contributed by atoms with van der Waals surface area (Å²) in [5, 5.41) is 12.3. The number of hydroxylamine groups is 2. The molecule has 0 saturated carbocycles. The Bertz CT molecular complexity index is 453. The maximum absolute atomic E-state index is 11.5. The first kappa shape index (κ1) is 17.9. The Balaban J connectivity index is 2.31. The number of hydrogen-bond acceptors (Lipinski definition) is 7. The Hall–Kier alpha value is -2.16. The summed E-state index contributed by atoms with van der Waals surface area (Å²) in [6, 6.07) is 0. The van der Waals surface area contributed by atoms with Gasteiger partial charge in [0.05, 0.1) is 0 Å². The minimum atomic E-state index is -1.57. The predicted molar refractivity (Wildman–Crippen MR) is 72.0 cm³/mol. The first-order valence-electron chi connectivity index (χ1n) is 6.82. The van der Waals surface area contributed by atoms with E-state index in [0.717, 1.165) is 0 Å². The van der Waals surface area contributed by atoms with Crippen molar-refractivity contribution in [2.45, 2.75) is 51.7 Å². The maximum Gasteiger partial charge on any atom is 0.407 e. The van der Waals surface area contributed by atoms with Gasteiger partial charge < -0.3 is 20.0 Å². The third-order valence-corrected chi connectivity index (χ3v) is 2.55. The fraction of sp³-hybridized carbons (Fsp3) is 0.692. The molecule has 1 atom stereocenters. The normalized spacial score (nSPS) is 16.5. The van der Waals surface area contributed by atoms with Crippen LogP contribution < -0.4 is 5.32 Å². The number of carbonyl (C=O) groups excluding carboxylic acids is 4. The van der Waals surface area contributed by atoms with Crippen molar-refractivity contribution in [3.05, 3.63) is 0 Å². The summed E-state index contributed by atoms with van der Waals surface area (Å²) in [4.78, 5) is 49.9. The van der Waals surface area contributed by atoms with E-state index in [1.807, 2.05) is 0 Å². The van der Waals surface area contributed by atoms with Gasteiger partial charge in [0.1, 0.15) is 5.60 Å². The van der Waals surface area contributed by atoms with Gasteiger partial charge in [0.15, 0.2) is 6.10 Å². The molecule has 1 saturated heterocycles. The summed E-state index contributed by atoms with van der Waals surface area (Å²) < 4.78 is 4.97. The zero-order valence-corrected chi connectivity index (χ0v) is 12.7. The van der Waals surface area contributed by atoms with E-state index in [2.05, 4.69) is 10.2 Å². The van der Waals surface area contributed by atoms with E-state index in [0.29, 0.717) is 5.06 Å². The number of alkyl carbamates (subject to hydrolysis) is 1. The Morgan fingerprint density at radius 2 is 1.82 bits per heavy atom. The van der Waals surface area contributed by atoms with Crippen molar-refractivity contribution in [1.29, 1.82) is 0 Å². The van der Waals surface area contributed by atoms with Crippen LogP contribution in [0.1, 0.15) is 40.0 Å². The lowest BCUT2D eigenvalue weighted by atomic mass is 10.2. The largest absolute Gasteiger partial charge is 0.444 e. The van der Waals surface area contributed by atoms with Gasteiger partial charge in [-0.05, 0) is 20.8 Å². The Morgan fingerprint density at radius 3 is 2.32 bits per heavy atom. The molecule has 0 bridgehead atoms. The van der Waals surface area contributed by atoms with Gasteiger partial charge in [0.2, 0.25) is 0 Å². The van der Waals surface area contributed by atoms with Crippen LogP contribution in [-0.4, -0.2) is 52.3 Å². The van der Waals surface area contributed by atoms with Gasteiger partial charge in [0, 0.05) is 25.8 Å². The van der Waals surface area contributed by atoms with E-state index in [4.69, 9.17) is 4.74 Å². The molecule has 9 nitrogen and oxygen atoms in total. The maximum atomic E-state index is 11.5. The number of carbonyl (C=O) groups is 4. The van der Waals surface area contributed by atoms with Crippen molar-refractivity contribution in [2.75, 3.05) is 6.54 Å². The highest BCUT2D eigenvalue weighted by atomic mass is 16.7. The highest BCUT2D eigenvalue weighted by Gasteiger charge is 2.34. The molecule has 124 valence electrons. The molecule has 0 aromatic rings. The van der Waals surface area contributed by atoms with Crippen LogP contribution in [0.2, 0.25) is 0 Å². The lowest BCUT2D eigenvalue weighted by molar-refractivity contribution is -0.203. The van der Waals surface area contributed by atoms with Crippen LogP contribution >= 0.6 is 0 Å². The van der Waals surface area contributed by atoms with Crippen molar-refractivity contribution in [3.63, 3.8) is 0 Å². The number of nitrogens with zero attached hydrogens (tertiary/aromatic N) is 1. The van der Waals surface area contributed by atoms with Crippen molar-refractivity contribution < 1.29 is 33.9 Å². The molecule has 0 aromatic heterocycles. The minimum Gasteiger partial charge on any atom is -0.444 e. The molecule has 22 heavy (non-hydrogen) atoms. The molecule has 1 aliphatic rings. The SMILES string of the molecule is CC(C)(C)OC(=O)NCCC(O)C(=O)ON1C(=O)CCC1=O. The molecule has 1 rings (SSSR count). The summed E-state index contributed by atoms with van der Waals surface area (Å²) >= 11 is 0. The average molecular weight is 316 g/mol. The van der Waals surface area contributed by atoms with Crippen LogP contribution in [-0.2, 0) is 24.0 Å². The number of nitrogens with one attached hydrogen (secondary N) is 1. The number of rotatable bonds is 5. The average Bonchev–Trinajstić information content (AvgIpc) is 2.68. The number of ether oxygens (including phenoxy) is 1. The molecule has 3 amide bonds. The highest BCUT2D eigenvalue weighted by molar-refractivity contribution is 6.01. The lowest BCUT2D eigenvalue weighted by Crippen LogP contribution is -2.38. The van der Waals surface area contributed by atoms with E-state index in [1.165, 1.54) is 0 Å². The quantitative estimate of drug-likeness (QED) is 0.677. The summed E-state index contributed by atoms with van der Waals surface area (Å²) in [5.74, 6) is -2.38. The molecule has 1 aliphatic heterocycles. The van der Waals surface area contributed by atoms with Crippen molar-refractivity contribution in [3.8, 4) is 0 Å². The van der Waals surface area contributed by atoms with Gasteiger partial charge in [-0.15, -0.1) is 5.06 Å². The standard InChI is InChI=1S/C13H20N2O7/c1-13(2,3)21-12(20)14-7-6-8(16)11(19)22-15-9(17)4-5-10(15)18/h8,16H,4-7H2,1-3H3,(H,14,20). The minimum absolute atomic E-state index is 0.0254. The molecule has 2 N–H and O–H groups in total. The van der Waals surface area contributed by atoms with Gasteiger partial charge in [0.25, 0.3) is 11.8 Å². The summed E-state index contributed by atoms with van der Waals surface area (Å²) in [6.07, 6.45) is -2.45. The lowest BCUT2D eigenvalue weighted by Gasteiger charge is -2.20. The smallest absolute Gasteiger partial charge is 0.407 e. The zero-order chi connectivity index (χ0) is 16.9. The van der Waals surface area contributed by atoms with Gasteiger partial charge >= 0.3 is 12.1 Å². The third kappa shape index (κ3) is 5.68. The Morgan fingerprint density at radius 1 is 1.27 bits per heavy atom. The molecule has 0 aromatic carbocycles. The van der Waals surface area contributed by atoms with Crippen LogP contribution in [0.15, 0.2) is 0 Å². The summed E-state index contributed by atoms with van der Waals surface area (Å²) in [7, 11) is 0. The first-order valence-corrected chi connectivity index (χ1v) is 6.82. The van der Waals surface area contributed by atoms with E-state index in [-0.39, 0.29) is 25.8 Å². The molecular weight excluding hydrogens is 296 g/mol. The number of hydrogen-bond donors (Lipinski definition) is 2. The molecule has 1 unspecified atom stereocenters. The zero-order valence-electron chi connectivity index (χ0n) is 12.7. The van der Waals surface area contributed by atoms with E-state index in [1.54, 1.807) is 20.8 Å². The Labute approximate surface area is 127 Å². The number of aliphatic hydroxyl groups excluding tert-OH is 1. The number of imide groups is 1. The van der Waals surface area contributed by atoms with Crippen LogP contribution in [0, 0.1) is 0 Å². The van der Waals surface area contributed by atoms with Crippen LogP contribution in [0.5, 0.6) is 0 Å². The van der Waals surface area contributed by atoms with Gasteiger partial charge in [-0.25, -0.2) is 9.59 Å². The number of aliphatic hydroxyl groups is 1. The van der Waals surface area contributed by atoms with Crippen LogP contribution in [0.25, 0.3) is 0 Å². The van der Waals surface area contributed by atoms with Crippen LogP contribution in [0.4, 0.5) is 4.79 Å². The highest BCUT2D eigenvalue weighted by Crippen LogP contribution is 2.13. The van der Waals surface area contributed by atoms with E-state index >= 15 is 0 Å². The van der Waals surface area contributed by atoms with Crippen LogP contribution in [0.3, 0.4) is 0 Å². The third-order valence-electron chi connectivity index (χ3n) is 2.55. The second-order valence-corrected chi connectivity index (χ2v) is 5.73. The summed E-state index contributed by atoms with van der Waals surface area (Å²) in [6.45, 7) is 5.06. The molecular formula is C13H20N2O7. The van der Waals surface area contributed by atoms with E-state index < -0.39 is 35.6 Å². The second-order valence-electron chi connectivity index (χ2n) is 5.73. The molecule has 1 fully saturated rings. The van der Waals surface area contributed by atoms with Gasteiger partial charge in [-0.3, -0.25) is 9.59 Å². The molecule has 0 aliphatic carbocycles. The summed E-state index contributed by atoms with van der Waals surface area (Å²) in [5.41, 5.74) is -0.655. The molecule has 0 spiro atoms. The fourth-order valence-electron chi connectivity index (χ4n) is 1.55. The Kier molecular flexibility index (Phi) is 5.86. The topological polar surface area (TPSA) is 122 Å². The monoisotopic (exact) mass is 316 g/mol. The van der Waals surface area contributed by atoms with Crippen molar-refractivity contribution in [2.24, 2.45) is 0 Å². The van der Waals surface area contributed by atoms with Gasteiger partial charge in [-0.2, -0.15) is 0 Å². The van der Waals surface area contributed by atoms with E-state index in [9.17, 15) is 24.3 Å². The predicted octanol–water partition coefficient (Wildman–Crippen LogP) is -0.131. The number of amides is 3. The first-order chi connectivity index (χ1) is 10.1. The molecule has 0 radical (unpaired) electrons. The molecule has 1 heterocycles. The second kappa shape index (κ2) is 7.21. The van der Waals surface area contributed by atoms with Gasteiger partial charge in [-0.1, -0.05) is 0 Å². The van der Waals surface area contributed by atoms with Crippen molar-refractivity contribution >= 4 is 23.9 Å². The molecule has 9 heteroatoms. The fourth-order valence-corrected chi connectivity index (χ4v) is 1.55. The van der Waals surface area contributed by atoms with Crippen molar-refractivity contribution in [1.82, 2.24) is 10.4 Å².